The van der Waals surface area contributed by atoms with Gasteiger partial charge in [-0.2, -0.15) is 0 Å². The van der Waals surface area contributed by atoms with E-state index in [1.165, 1.54) is 10.5 Å². The zero-order chi connectivity index (χ0) is 26.1. The van der Waals surface area contributed by atoms with Gasteiger partial charge >= 0.3 is 0 Å². The van der Waals surface area contributed by atoms with Crippen LogP contribution in [0.25, 0.3) is 0 Å². The van der Waals surface area contributed by atoms with E-state index in [0.29, 0.717) is 36.7 Å². The number of carbonyl (C=O) groups excluding carboxylic acids is 3. The molecule has 6 rings (SSSR count). The third-order valence-electron chi connectivity index (χ3n) is 8.79. The Morgan fingerprint density at radius 2 is 1.68 bits per heavy atom. The van der Waals surface area contributed by atoms with E-state index in [-0.39, 0.29) is 29.7 Å². The number of hydrogen-bond acceptors (Lipinski definition) is 5. The van der Waals surface area contributed by atoms with Crippen molar-refractivity contribution in [1.82, 2.24) is 9.80 Å². The highest BCUT2D eigenvalue weighted by Gasteiger charge is 2.41. The molecule has 0 N–H and O–H groups in total. The Morgan fingerprint density at radius 3 is 2.45 bits per heavy atom. The molecule has 0 spiro atoms. The van der Waals surface area contributed by atoms with Crippen molar-refractivity contribution in [3.63, 3.8) is 0 Å². The summed E-state index contributed by atoms with van der Waals surface area (Å²) in [6.07, 6.45) is 6.69. The number of benzene rings is 2. The minimum atomic E-state index is -0.231. The zero-order valence-electron chi connectivity index (χ0n) is 22.0. The van der Waals surface area contributed by atoms with E-state index in [1.807, 2.05) is 12.1 Å². The van der Waals surface area contributed by atoms with Gasteiger partial charge in [0, 0.05) is 32.8 Å². The number of ether oxygens (including phenoxy) is 1. The Hall–Kier alpha value is -3.19. The zero-order valence-corrected chi connectivity index (χ0v) is 22.0. The second-order valence-electron chi connectivity index (χ2n) is 11.3. The van der Waals surface area contributed by atoms with E-state index in [1.54, 1.807) is 6.07 Å². The lowest BCUT2D eigenvalue weighted by Crippen LogP contribution is -2.47. The Morgan fingerprint density at radius 1 is 0.868 bits per heavy atom. The molecule has 3 fully saturated rings. The van der Waals surface area contributed by atoms with Crippen LogP contribution in [0.2, 0.25) is 0 Å². The number of imide groups is 1. The quantitative estimate of drug-likeness (QED) is 0.541. The summed E-state index contributed by atoms with van der Waals surface area (Å²) in [5, 5.41) is 0. The summed E-state index contributed by atoms with van der Waals surface area (Å²) in [6.45, 7) is 4.01. The van der Waals surface area contributed by atoms with Crippen molar-refractivity contribution in [2.24, 2.45) is 11.8 Å². The molecule has 3 saturated heterocycles. The molecule has 7 heteroatoms. The monoisotopic (exact) mass is 515 g/mol. The third kappa shape index (κ3) is 4.96. The van der Waals surface area contributed by atoms with Gasteiger partial charge in [-0.15, -0.1) is 0 Å². The summed E-state index contributed by atoms with van der Waals surface area (Å²) < 4.78 is 5.69. The molecule has 0 aliphatic carbocycles. The lowest BCUT2D eigenvalue weighted by atomic mass is 9.88. The van der Waals surface area contributed by atoms with Gasteiger partial charge in [-0.3, -0.25) is 19.3 Å². The van der Waals surface area contributed by atoms with Crippen LogP contribution >= 0.6 is 0 Å². The van der Waals surface area contributed by atoms with Gasteiger partial charge in [0.25, 0.3) is 11.8 Å². The summed E-state index contributed by atoms with van der Waals surface area (Å²) in [6, 6.07) is 16.2. The Bertz CT molecular complexity index is 1180. The van der Waals surface area contributed by atoms with Crippen LogP contribution in [0.5, 0.6) is 0 Å². The maximum absolute atomic E-state index is 13.5. The van der Waals surface area contributed by atoms with Gasteiger partial charge in [0.15, 0.2) is 0 Å². The molecule has 2 atom stereocenters. The van der Waals surface area contributed by atoms with E-state index in [0.717, 1.165) is 70.3 Å². The maximum atomic E-state index is 13.5. The van der Waals surface area contributed by atoms with Crippen molar-refractivity contribution >= 4 is 23.4 Å². The fourth-order valence-corrected chi connectivity index (χ4v) is 6.70. The van der Waals surface area contributed by atoms with Crippen LogP contribution < -0.4 is 4.90 Å². The van der Waals surface area contributed by atoms with E-state index < -0.39 is 0 Å². The smallest absolute Gasteiger partial charge is 0.263 e. The maximum Gasteiger partial charge on any atom is 0.263 e. The largest absolute Gasteiger partial charge is 0.376 e. The molecule has 3 amide bonds. The molecule has 2 aromatic rings. The predicted molar refractivity (Wildman–Crippen MR) is 145 cm³/mol. The number of anilines is 1. The highest BCUT2D eigenvalue weighted by atomic mass is 16.5. The molecule has 0 aromatic heterocycles. The number of nitrogens with zero attached hydrogens (tertiary/aromatic N) is 3. The molecule has 0 saturated carbocycles. The molecule has 38 heavy (non-hydrogen) atoms. The van der Waals surface area contributed by atoms with Gasteiger partial charge < -0.3 is 14.5 Å². The molecule has 200 valence electrons. The lowest BCUT2D eigenvalue weighted by molar-refractivity contribution is -0.137. The van der Waals surface area contributed by atoms with Crippen molar-refractivity contribution in [1.29, 1.82) is 0 Å². The van der Waals surface area contributed by atoms with E-state index in [2.05, 4.69) is 40.1 Å². The van der Waals surface area contributed by atoms with Crippen LogP contribution in [0, 0.1) is 11.8 Å². The third-order valence-corrected chi connectivity index (χ3v) is 8.79. The summed E-state index contributed by atoms with van der Waals surface area (Å²) in [5.41, 5.74) is 3.12. The van der Waals surface area contributed by atoms with Crippen molar-refractivity contribution in [2.45, 2.75) is 51.0 Å². The second kappa shape index (κ2) is 10.9. The number of piperidine rings is 2. The first-order valence-corrected chi connectivity index (χ1v) is 14.3. The molecule has 7 nitrogen and oxygen atoms in total. The summed E-state index contributed by atoms with van der Waals surface area (Å²) in [7, 11) is 0. The first kappa shape index (κ1) is 25.1. The van der Waals surface area contributed by atoms with Crippen LogP contribution in [0.15, 0.2) is 48.5 Å². The molecule has 4 aliphatic heterocycles. The standard InChI is InChI=1S/C31H37N3O4/c35-29(32-16-13-23(14-17-32)19-22-7-2-1-3-8-22)24-9-5-15-33(20-24)27-12-4-11-26-28(27)31(37)34(30(26)36)21-25-10-6-18-38-25/h1-4,7-8,11-12,23-25H,5-6,9-10,13-21H2/t24-,25-/m1/s1. The fourth-order valence-electron chi connectivity index (χ4n) is 6.70. The van der Waals surface area contributed by atoms with Crippen LogP contribution in [-0.4, -0.2) is 73.0 Å². The van der Waals surface area contributed by atoms with E-state index >= 15 is 0 Å². The van der Waals surface area contributed by atoms with Gasteiger partial charge in [0.2, 0.25) is 5.91 Å². The van der Waals surface area contributed by atoms with Crippen LogP contribution in [0.4, 0.5) is 5.69 Å². The molecular weight excluding hydrogens is 478 g/mol. The summed E-state index contributed by atoms with van der Waals surface area (Å²) >= 11 is 0. The average Bonchev–Trinajstić information content (AvgIpc) is 3.56. The van der Waals surface area contributed by atoms with Gasteiger partial charge in [-0.25, -0.2) is 0 Å². The molecule has 0 bridgehead atoms. The van der Waals surface area contributed by atoms with Crippen LogP contribution in [-0.2, 0) is 16.0 Å². The molecule has 2 aromatic carbocycles. The molecular formula is C31H37N3O4. The fraction of sp³-hybridized carbons (Fsp3) is 0.516. The molecule has 4 heterocycles. The molecule has 0 radical (unpaired) electrons. The number of hydrogen-bond donors (Lipinski definition) is 0. The highest BCUT2D eigenvalue weighted by molar-refractivity contribution is 6.23. The van der Waals surface area contributed by atoms with Gasteiger partial charge in [0.1, 0.15) is 0 Å². The average molecular weight is 516 g/mol. The summed E-state index contributed by atoms with van der Waals surface area (Å²) in [4.78, 5) is 45.7. The Kier molecular flexibility index (Phi) is 7.20. The number of amides is 3. The van der Waals surface area contributed by atoms with Crippen molar-refractivity contribution in [3.8, 4) is 0 Å². The number of carbonyl (C=O) groups is 3. The number of fused-ring (bicyclic) bond motifs is 1. The van der Waals surface area contributed by atoms with Crippen molar-refractivity contribution in [2.75, 3.05) is 44.2 Å². The van der Waals surface area contributed by atoms with E-state index in [4.69, 9.17) is 4.74 Å². The highest BCUT2D eigenvalue weighted by Crippen LogP contribution is 2.35. The normalized spacial score (nSPS) is 24.3. The SMILES string of the molecule is O=C([C@@H]1CCCN(c2cccc3c2C(=O)N(C[C@H]2CCCO2)C3=O)C1)N1CCC(Cc2ccccc2)CC1. The van der Waals surface area contributed by atoms with Gasteiger partial charge in [0.05, 0.1) is 35.4 Å². The lowest BCUT2D eigenvalue weighted by Gasteiger charge is -2.39. The Balaban J connectivity index is 1.10. The topological polar surface area (TPSA) is 70.2 Å². The van der Waals surface area contributed by atoms with Gasteiger partial charge in [-0.1, -0.05) is 36.4 Å². The molecule has 0 unspecified atom stereocenters. The van der Waals surface area contributed by atoms with Gasteiger partial charge in [-0.05, 0) is 68.6 Å². The number of likely N-dealkylation sites (tertiary alicyclic amines) is 1. The number of rotatable bonds is 6. The van der Waals surface area contributed by atoms with Crippen molar-refractivity contribution < 1.29 is 19.1 Å². The van der Waals surface area contributed by atoms with Crippen molar-refractivity contribution in [3.05, 3.63) is 65.2 Å². The first-order valence-electron chi connectivity index (χ1n) is 14.3. The Labute approximate surface area is 224 Å². The molecule has 4 aliphatic rings. The minimum absolute atomic E-state index is 0.0746. The van der Waals surface area contributed by atoms with Crippen LogP contribution in [0.1, 0.15) is 64.8 Å². The second-order valence-corrected chi connectivity index (χ2v) is 11.3. The predicted octanol–water partition coefficient (Wildman–Crippen LogP) is 4.16. The first-order chi connectivity index (χ1) is 18.6. The van der Waals surface area contributed by atoms with E-state index in [9.17, 15) is 14.4 Å². The van der Waals surface area contributed by atoms with Crippen LogP contribution in [0.3, 0.4) is 0 Å². The minimum Gasteiger partial charge on any atom is -0.376 e. The summed E-state index contributed by atoms with van der Waals surface area (Å²) in [5.74, 6) is 0.316.